The zero-order valence-corrected chi connectivity index (χ0v) is 14.8. The van der Waals surface area contributed by atoms with Gasteiger partial charge in [-0.3, -0.25) is 4.90 Å². The van der Waals surface area contributed by atoms with Gasteiger partial charge in [0.05, 0.1) is 16.7 Å². The molecule has 6 nitrogen and oxygen atoms in total. The number of rotatable bonds is 6. The third-order valence-corrected chi connectivity index (χ3v) is 4.85. The second kappa shape index (κ2) is 7.33. The molecule has 1 aliphatic heterocycles. The number of hydrogen-bond donors (Lipinski definition) is 2. The summed E-state index contributed by atoms with van der Waals surface area (Å²) in [6.07, 6.45) is 4.27. The van der Waals surface area contributed by atoms with Crippen molar-refractivity contribution in [3.63, 3.8) is 0 Å². The van der Waals surface area contributed by atoms with E-state index in [4.69, 9.17) is 4.98 Å². The maximum atomic E-state index is 4.78. The van der Waals surface area contributed by atoms with Crippen LogP contribution in [-0.2, 0) is 13.1 Å². The van der Waals surface area contributed by atoms with Gasteiger partial charge in [0.1, 0.15) is 11.6 Å². The monoisotopic (exact) mass is 332 g/mol. The lowest BCUT2D eigenvalue weighted by Crippen LogP contribution is -2.21. The standard InChI is InChI=1S/C16H24N6S/c1-11-19-8-13(23-11)10-22(3)9-12-7-15(17-2)21-16(20-12)14-5-4-6-18-14/h7-8,14,18H,4-6,9-10H2,1-3H3,(H,17,20,21). The van der Waals surface area contributed by atoms with Gasteiger partial charge in [-0.1, -0.05) is 0 Å². The van der Waals surface area contributed by atoms with E-state index in [0.717, 1.165) is 48.4 Å². The Kier molecular flexibility index (Phi) is 5.20. The molecule has 3 heterocycles. The van der Waals surface area contributed by atoms with Gasteiger partial charge >= 0.3 is 0 Å². The van der Waals surface area contributed by atoms with E-state index >= 15 is 0 Å². The molecule has 3 rings (SSSR count). The van der Waals surface area contributed by atoms with Crippen molar-refractivity contribution in [1.29, 1.82) is 0 Å². The number of nitrogens with one attached hydrogen (secondary N) is 2. The summed E-state index contributed by atoms with van der Waals surface area (Å²) in [5.41, 5.74) is 1.05. The quantitative estimate of drug-likeness (QED) is 0.846. The van der Waals surface area contributed by atoms with Crippen LogP contribution in [0.3, 0.4) is 0 Å². The zero-order valence-electron chi connectivity index (χ0n) is 14.0. The minimum Gasteiger partial charge on any atom is -0.373 e. The Morgan fingerprint density at radius 1 is 1.39 bits per heavy atom. The van der Waals surface area contributed by atoms with Gasteiger partial charge in [-0.05, 0) is 33.4 Å². The molecule has 2 aromatic heterocycles. The number of anilines is 1. The molecule has 0 aromatic carbocycles. The van der Waals surface area contributed by atoms with Gasteiger partial charge in [0.25, 0.3) is 0 Å². The van der Waals surface area contributed by atoms with Crippen molar-refractivity contribution in [2.75, 3.05) is 26.0 Å². The van der Waals surface area contributed by atoms with Crippen molar-refractivity contribution in [3.05, 3.63) is 33.7 Å². The maximum Gasteiger partial charge on any atom is 0.147 e. The minimum atomic E-state index is 0.288. The molecule has 2 aromatic rings. The van der Waals surface area contributed by atoms with Gasteiger partial charge in [0.15, 0.2) is 0 Å². The van der Waals surface area contributed by atoms with Crippen LogP contribution in [-0.4, -0.2) is 40.5 Å². The van der Waals surface area contributed by atoms with Crippen molar-refractivity contribution in [2.45, 2.75) is 38.9 Å². The van der Waals surface area contributed by atoms with E-state index in [-0.39, 0.29) is 6.04 Å². The van der Waals surface area contributed by atoms with E-state index in [9.17, 15) is 0 Å². The Bertz CT molecular complexity index is 650. The second-order valence-corrected chi connectivity index (χ2v) is 7.34. The summed E-state index contributed by atoms with van der Waals surface area (Å²) >= 11 is 1.75. The van der Waals surface area contributed by atoms with E-state index in [1.54, 1.807) is 11.3 Å². The number of nitrogens with zero attached hydrogens (tertiary/aromatic N) is 4. The molecule has 124 valence electrons. The molecule has 0 radical (unpaired) electrons. The van der Waals surface area contributed by atoms with E-state index in [1.807, 2.05) is 26.2 Å². The summed E-state index contributed by atoms with van der Waals surface area (Å²) in [6.45, 7) is 4.78. The molecule has 1 saturated heterocycles. The van der Waals surface area contributed by atoms with E-state index in [0.29, 0.717) is 0 Å². The molecule has 0 saturated carbocycles. The van der Waals surface area contributed by atoms with Gasteiger partial charge in [-0.15, -0.1) is 11.3 Å². The average Bonchev–Trinajstić information content (AvgIpc) is 3.18. The first-order valence-electron chi connectivity index (χ1n) is 8.03. The highest BCUT2D eigenvalue weighted by Gasteiger charge is 2.20. The SMILES string of the molecule is CNc1cc(CN(C)Cc2cnc(C)s2)nc(C2CCCN2)n1. The summed E-state index contributed by atoms with van der Waals surface area (Å²) in [5, 5.41) is 7.74. The maximum absolute atomic E-state index is 4.78. The molecule has 23 heavy (non-hydrogen) atoms. The summed E-state index contributed by atoms with van der Waals surface area (Å²) in [4.78, 5) is 17.3. The number of aromatic nitrogens is 3. The summed E-state index contributed by atoms with van der Waals surface area (Å²) in [7, 11) is 4.02. The van der Waals surface area contributed by atoms with Crippen LogP contribution in [0.1, 0.15) is 40.3 Å². The van der Waals surface area contributed by atoms with E-state index < -0.39 is 0 Å². The van der Waals surface area contributed by atoms with E-state index in [1.165, 1.54) is 11.3 Å². The molecule has 1 atom stereocenters. The van der Waals surface area contributed by atoms with Gasteiger partial charge < -0.3 is 10.6 Å². The first-order valence-corrected chi connectivity index (χ1v) is 8.84. The summed E-state index contributed by atoms with van der Waals surface area (Å²) < 4.78 is 0. The number of aryl methyl sites for hydroxylation is 1. The largest absolute Gasteiger partial charge is 0.373 e. The Morgan fingerprint density at radius 3 is 2.91 bits per heavy atom. The lowest BCUT2D eigenvalue weighted by Gasteiger charge is -2.17. The van der Waals surface area contributed by atoms with Gasteiger partial charge in [0, 0.05) is 37.3 Å². The van der Waals surface area contributed by atoms with Crippen molar-refractivity contribution in [1.82, 2.24) is 25.2 Å². The molecule has 7 heteroatoms. The van der Waals surface area contributed by atoms with Crippen molar-refractivity contribution >= 4 is 17.2 Å². The Labute approximate surface area is 141 Å². The first kappa shape index (κ1) is 16.3. The zero-order chi connectivity index (χ0) is 16.2. The molecule has 2 N–H and O–H groups in total. The Hall–Kier alpha value is -1.57. The Morgan fingerprint density at radius 2 is 2.26 bits per heavy atom. The van der Waals surface area contributed by atoms with Crippen LogP contribution in [0.4, 0.5) is 5.82 Å². The van der Waals surface area contributed by atoms with Crippen molar-refractivity contribution in [3.8, 4) is 0 Å². The third-order valence-electron chi connectivity index (χ3n) is 3.95. The number of thiazole rings is 1. The highest BCUT2D eigenvalue weighted by atomic mass is 32.1. The fourth-order valence-electron chi connectivity index (χ4n) is 2.86. The summed E-state index contributed by atoms with van der Waals surface area (Å²) in [6, 6.07) is 2.32. The normalized spacial score (nSPS) is 17.8. The first-order chi connectivity index (χ1) is 11.1. The second-order valence-electron chi connectivity index (χ2n) is 6.02. The molecular weight excluding hydrogens is 308 g/mol. The Balaban J connectivity index is 1.71. The minimum absolute atomic E-state index is 0.288. The van der Waals surface area contributed by atoms with Gasteiger partial charge in [0.2, 0.25) is 0 Å². The van der Waals surface area contributed by atoms with Crippen LogP contribution < -0.4 is 10.6 Å². The van der Waals surface area contributed by atoms with Crippen LogP contribution in [0.5, 0.6) is 0 Å². The van der Waals surface area contributed by atoms with Crippen molar-refractivity contribution < 1.29 is 0 Å². The molecule has 1 fully saturated rings. The highest BCUT2D eigenvalue weighted by Crippen LogP contribution is 2.22. The van der Waals surface area contributed by atoms with Crippen LogP contribution in [0.25, 0.3) is 0 Å². The lowest BCUT2D eigenvalue weighted by atomic mass is 10.2. The van der Waals surface area contributed by atoms with Crippen LogP contribution in [0.15, 0.2) is 12.3 Å². The smallest absolute Gasteiger partial charge is 0.147 e. The van der Waals surface area contributed by atoms with Gasteiger partial charge in [-0.2, -0.15) is 0 Å². The van der Waals surface area contributed by atoms with Gasteiger partial charge in [-0.25, -0.2) is 15.0 Å². The molecule has 0 aliphatic carbocycles. The average molecular weight is 332 g/mol. The molecule has 0 bridgehead atoms. The predicted octanol–water partition coefficient (Wildman–Crippen LogP) is 2.34. The van der Waals surface area contributed by atoms with Crippen LogP contribution in [0, 0.1) is 6.92 Å². The molecule has 1 unspecified atom stereocenters. The molecular formula is C16H24N6S. The molecule has 0 amide bonds. The lowest BCUT2D eigenvalue weighted by molar-refractivity contribution is 0.317. The molecule has 0 spiro atoms. The highest BCUT2D eigenvalue weighted by molar-refractivity contribution is 7.11. The fraction of sp³-hybridized carbons (Fsp3) is 0.562. The van der Waals surface area contributed by atoms with Crippen LogP contribution in [0.2, 0.25) is 0 Å². The molecule has 1 aliphatic rings. The van der Waals surface area contributed by atoms with E-state index in [2.05, 4.69) is 32.5 Å². The topological polar surface area (TPSA) is 66.0 Å². The fourth-order valence-corrected chi connectivity index (χ4v) is 3.74. The summed E-state index contributed by atoms with van der Waals surface area (Å²) in [5.74, 6) is 1.80. The van der Waals surface area contributed by atoms with Crippen molar-refractivity contribution in [2.24, 2.45) is 0 Å². The predicted molar refractivity (Wildman–Crippen MR) is 93.6 cm³/mol. The van der Waals surface area contributed by atoms with Crippen LogP contribution >= 0.6 is 11.3 Å². The number of hydrogen-bond acceptors (Lipinski definition) is 7. The third kappa shape index (κ3) is 4.25.